The first-order valence-electron chi connectivity index (χ1n) is 12.8. The molecule has 0 bridgehead atoms. The van der Waals surface area contributed by atoms with Gasteiger partial charge in [-0.2, -0.15) is 0 Å². The second-order valence-corrected chi connectivity index (χ2v) is 11.8. The molecular formula is C27H40O6. The van der Waals surface area contributed by atoms with Crippen molar-refractivity contribution in [1.82, 2.24) is 0 Å². The molecule has 3 saturated carbocycles. The molecule has 0 heterocycles. The van der Waals surface area contributed by atoms with Crippen molar-refractivity contribution >= 4 is 17.5 Å². The second kappa shape index (κ2) is 8.30. The molecule has 6 heteroatoms. The SMILES string of the molecule is CCCC(CC(=O)O)C1CC(=O)C=C2C(O)C[C@H]3[C@@H]4CC[C@](O)(C(C)=O)[C@@]4(C)CC[C@@H]3[C@]21C. The molecule has 0 spiro atoms. The third-order valence-electron chi connectivity index (χ3n) is 10.6. The van der Waals surface area contributed by atoms with Crippen LogP contribution in [0.15, 0.2) is 11.6 Å². The van der Waals surface area contributed by atoms with Gasteiger partial charge in [-0.15, -0.1) is 0 Å². The molecule has 3 unspecified atom stereocenters. The Balaban J connectivity index is 1.77. The first kappa shape index (κ1) is 24.6. The molecule has 4 aliphatic rings. The Morgan fingerprint density at radius 2 is 1.85 bits per heavy atom. The van der Waals surface area contributed by atoms with Crippen molar-refractivity contribution in [2.75, 3.05) is 0 Å². The summed E-state index contributed by atoms with van der Waals surface area (Å²) in [6, 6.07) is 0. The summed E-state index contributed by atoms with van der Waals surface area (Å²) in [7, 11) is 0. The fraction of sp³-hybridized carbons (Fsp3) is 0.815. The van der Waals surface area contributed by atoms with Gasteiger partial charge in [0.25, 0.3) is 0 Å². The maximum Gasteiger partial charge on any atom is 0.303 e. The van der Waals surface area contributed by atoms with Crippen LogP contribution < -0.4 is 0 Å². The molecule has 4 aliphatic carbocycles. The number of fused-ring (bicyclic) bond motifs is 5. The number of rotatable bonds is 6. The van der Waals surface area contributed by atoms with E-state index >= 15 is 0 Å². The first-order chi connectivity index (χ1) is 15.4. The van der Waals surface area contributed by atoms with E-state index in [1.807, 2.05) is 6.92 Å². The number of hydrogen-bond donors (Lipinski definition) is 3. The highest BCUT2D eigenvalue weighted by molar-refractivity contribution is 5.92. The molecule has 33 heavy (non-hydrogen) atoms. The average molecular weight is 461 g/mol. The van der Waals surface area contributed by atoms with Crippen LogP contribution in [0.4, 0.5) is 0 Å². The largest absolute Gasteiger partial charge is 0.481 e. The molecule has 0 amide bonds. The molecule has 3 N–H and O–H groups in total. The van der Waals surface area contributed by atoms with Crippen LogP contribution in [0.3, 0.4) is 0 Å². The first-order valence-corrected chi connectivity index (χ1v) is 12.8. The molecular weight excluding hydrogens is 420 g/mol. The van der Waals surface area contributed by atoms with Crippen molar-refractivity contribution in [3.63, 3.8) is 0 Å². The number of carboxylic acid groups (broad SMARTS) is 1. The minimum absolute atomic E-state index is 0.0102. The van der Waals surface area contributed by atoms with Crippen molar-refractivity contribution in [2.45, 2.75) is 97.2 Å². The molecule has 3 fully saturated rings. The zero-order valence-corrected chi connectivity index (χ0v) is 20.5. The summed E-state index contributed by atoms with van der Waals surface area (Å²) in [6.45, 7) is 7.75. The summed E-state index contributed by atoms with van der Waals surface area (Å²) in [5.41, 5.74) is -1.49. The maximum atomic E-state index is 12.8. The van der Waals surface area contributed by atoms with Gasteiger partial charge in [-0.1, -0.05) is 27.2 Å². The number of carboxylic acids is 1. The van der Waals surface area contributed by atoms with E-state index in [4.69, 9.17) is 0 Å². The van der Waals surface area contributed by atoms with Crippen LogP contribution >= 0.6 is 0 Å². The van der Waals surface area contributed by atoms with Crippen molar-refractivity contribution in [3.05, 3.63) is 11.6 Å². The van der Waals surface area contributed by atoms with Gasteiger partial charge in [0.15, 0.2) is 11.6 Å². The standard InChI is InChI=1S/C27H40O6/c1-5-6-16(11-24(31)32)21-12-17(29)13-22-23(30)14-18-19-8-10-27(33,15(2)28)25(19,3)9-7-20(18)26(21,22)4/h13,16,18-21,23,30,33H,5-12,14H2,1-4H3,(H,31,32)/t16?,18-,19-,20-,21?,23?,25-,26-,27-/m0/s1. The van der Waals surface area contributed by atoms with Gasteiger partial charge in [0.1, 0.15) is 5.60 Å². The number of carbonyl (C=O) groups is 3. The smallest absolute Gasteiger partial charge is 0.303 e. The minimum Gasteiger partial charge on any atom is -0.481 e. The van der Waals surface area contributed by atoms with E-state index in [9.17, 15) is 29.7 Å². The molecule has 0 aromatic heterocycles. The highest BCUT2D eigenvalue weighted by Crippen LogP contribution is 2.69. The van der Waals surface area contributed by atoms with Crippen LogP contribution in [-0.4, -0.2) is 44.6 Å². The normalized spacial score (nSPS) is 45.5. The van der Waals surface area contributed by atoms with Gasteiger partial charge in [-0.3, -0.25) is 14.4 Å². The number of aliphatic carboxylic acids is 1. The van der Waals surface area contributed by atoms with E-state index in [1.54, 1.807) is 6.08 Å². The van der Waals surface area contributed by atoms with Crippen molar-refractivity contribution in [1.29, 1.82) is 0 Å². The Bertz CT molecular complexity index is 878. The number of aliphatic hydroxyl groups is 2. The third-order valence-corrected chi connectivity index (χ3v) is 10.6. The second-order valence-electron chi connectivity index (χ2n) is 11.8. The van der Waals surface area contributed by atoms with Gasteiger partial charge in [-0.25, -0.2) is 0 Å². The molecule has 0 aromatic rings. The number of Topliss-reactive ketones (excluding diaryl/α,β-unsaturated/α-hetero) is 1. The van der Waals surface area contributed by atoms with E-state index in [0.717, 1.165) is 37.7 Å². The zero-order valence-electron chi connectivity index (χ0n) is 20.5. The molecule has 0 aliphatic heterocycles. The highest BCUT2D eigenvalue weighted by atomic mass is 16.4. The van der Waals surface area contributed by atoms with E-state index in [0.29, 0.717) is 19.3 Å². The topological polar surface area (TPSA) is 112 Å². The fourth-order valence-corrected chi connectivity index (χ4v) is 9.01. The number of carbonyl (C=O) groups excluding carboxylic acids is 2. The molecule has 184 valence electrons. The summed E-state index contributed by atoms with van der Waals surface area (Å²) >= 11 is 0. The Kier molecular flexibility index (Phi) is 6.18. The third kappa shape index (κ3) is 3.46. The maximum absolute atomic E-state index is 12.8. The Hall–Kier alpha value is -1.53. The number of aliphatic hydroxyl groups excluding tert-OH is 1. The van der Waals surface area contributed by atoms with Gasteiger partial charge in [0.05, 0.1) is 6.10 Å². The monoisotopic (exact) mass is 460 g/mol. The lowest BCUT2D eigenvalue weighted by molar-refractivity contribution is -0.167. The molecule has 0 saturated heterocycles. The number of ketones is 2. The summed E-state index contributed by atoms with van der Waals surface area (Å²) in [4.78, 5) is 37.0. The van der Waals surface area contributed by atoms with Crippen LogP contribution in [0, 0.1) is 40.4 Å². The van der Waals surface area contributed by atoms with E-state index in [2.05, 4.69) is 13.8 Å². The van der Waals surface area contributed by atoms with Crippen LogP contribution in [0.25, 0.3) is 0 Å². The summed E-state index contributed by atoms with van der Waals surface area (Å²) < 4.78 is 0. The summed E-state index contributed by atoms with van der Waals surface area (Å²) in [6.07, 6.45) is 6.15. The Labute approximate surface area is 196 Å². The minimum atomic E-state index is -1.32. The Morgan fingerprint density at radius 1 is 1.18 bits per heavy atom. The average Bonchev–Trinajstić information content (AvgIpc) is 3.01. The van der Waals surface area contributed by atoms with Crippen LogP contribution in [-0.2, 0) is 14.4 Å². The van der Waals surface area contributed by atoms with E-state index < -0.39 is 28.5 Å². The predicted octanol–water partition coefficient (Wildman–Crippen LogP) is 3.93. The summed E-state index contributed by atoms with van der Waals surface area (Å²) in [5.74, 6) is -0.804. The molecule has 6 nitrogen and oxygen atoms in total. The highest BCUT2D eigenvalue weighted by Gasteiger charge is 2.67. The van der Waals surface area contributed by atoms with Gasteiger partial charge in [0, 0.05) is 18.3 Å². The quantitative estimate of drug-likeness (QED) is 0.554. The lowest BCUT2D eigenvalue weighted by Crippen LogP contribution is -2.60. The zero-order chi connectivity index (χ0) is 24.3. The van der Waals surface area contributed by atoms with Crippen LogP contribution in [0.5, 0.6) is 0 Å². The van der Waals surface area contributed by atoms with Crippen molar-refractivity contribution in [3.8, 4) is 0 Å². The lowest BCUT2D eigenvalue weighted by atomic mass is 9.42. The van der Waals surface area contributed by atoms with Crippen molar-refractivity contribution in [2.24, 2.45) is 40.4 Å². The van der Waals surface area contributed by atoms with Crippen LogP contribution in [0.1, 0.15) is 85.5 Å². The van der Waals surface area contributed by atoms with Gasteiger partial charge in [0.2, 0.25) is 0 Å². The van der Waals surface area contributed by atoms with Gasteiger partial charge < -0.3 is 15.3 Å². The molecule has 0 radical (unpaired) electrons. The molecule has 4 rings (SSSR count). The van der Waals surface area contributed by atoms with Crippen LogP contribution in [0.2, 0.25) is 0 Å². The van der Waals surface area contributed by atoms with E-state index in [1.165, 1.54) is 6.92 Å². The predicted molar refractivity (Wildman–Crippen MR) is 123 cm³/mol. The fourth-order valence-electron chi connectivity index (χ4n) is 9.01. The molecule has 9 atom stereocenters. The van der Waals surface area contributed by atoms with E-state index in [-0.39, 0.29) is 47.6 Å². The van der Waals surface area contributed by atoms with Gasteiger partial charge >= 0.3 is 5.97 Å². The van der Waals surface area contributed by atoms with Crippen molar-refractivity contribution < 1.29 is 29.7 Å². The Morgan fingerprint density at radius 3 is 2.45 bits per heavy atom. The number of hydrogen-bond acceptors (Lipinski definition) is 5. The summed E-state index contributed by atoms with van der Waals surface area (Å²) in [5, 5.41) is 32.3. The van der Waals surface area contributed by atoms with Gasteiger partial charge in [-0.05, 0) is 92.1 Å². The lowest BCUT2D eigenvalue weighted by Gasteiger charge is -2.62. The molecule has 0 aromatic carbocycles.